The summed E-state index contributed by atoms with van der Waals surface area (Å²) in [4.78, 5) is 37.7. The lowest BCUT2D eigenvalue weighted by atomic mass is 9.97. The molecular weight excluding hydrogens is 448 g/mol. The van der Waals surface area contributed by atoms with Gasteiger partial charge in [0.05, 0.1) is 29.7 Å². The van der Waals surface area contributed by atoms with Crippen molar-refractivity contribution < 1.29 is 14.7 Å². The molecule has 11 heteroatoms. The number of fused-ring (bicyclic) bond motifs is 2. The van der Waals surface area contributed by atoms with Crippen LogP contribution in [0.4, 0.5) is 5.82 Å². The average Bonchev–Trinajstić information content (AvgIpc) is 3.45. The molecule has 0 saturated carbocycles. The third kappa shape index (κ3) is 4.10. The van der Waals surface area contributed by atoms with Gasteiger partial charge in [0, 0.05) is 24.5 Å². The molecule has 0 spiro atoms. The molecular formula is C24H26N8O3. The maximum atomic E-state index is 12.7. The van der Waals surface area contributed by atoms with Crippen LogP contribution in [0.1, 0.15) is 18.9 Å². The first kappa shape index (κ1) is 22.5. The molecule has 4 heterocycles. The number of aromatic hydroxyl groups is 1. The van der Waals surface area contributed by atoms with Crippen LogP contribution >= 0.6 is 0 Å². The largest absolute Gasteiger partial charge is 0.508 e. The van der Waals surface area contributed by atoms with Crippen molar-refractivity contribution >= 4 is 39.4 Å². The van der Waals surface area contributed by atoms with Crippen molar-refractivity contribution in [1.29, 1.82) is 0 Å². The van der Waals surface area contributed by atoms with Gasteiger partial charge in [-0.2, -0.15) is 5.10 Å². The third-order valence-electron chi connectivity index (χ3n) is 6.44. The smallest absolute Gasteiger partial charge is 0.246 e. The summed E-state index contributed by atoms with van der Waals surface area (Å²) in [6.45, 7) is 4.00. The number of phenolic OH excluding ortho intramolecular Hbond substituents is 1. The normalized spacial score (nSPS) is 18.1. The van der Waals surface area contributed by atoms with E-state index in [9.17, 15) is 14.7 Å². The van der Waals surface area contributed by atoms with Gasteiger partial charge in [-0.25, -0.2) is 14.6 Å². The van der Waals surface area contributed by atoms with Crippen molar-refractivity contribution in [3.8, 4) is 17.1 Å². The molecule has 0 radical (unpaired) electrons. The fourth-order valence-electron chi connectivity index (χ4n) is 4.59. The van der Waals surface area contributed by atoms with Gasteiger partial charge in [0.25, 0.3) is 0 Å². The standard InChI is InChI=1S/C24H26N8O3/c1-3-20(35)31(2)11-19(34)17-6-4-14(10-26-17)32-24-21(23(25)27-12-28-24)22(30-32)18-9-13-8-15(33)5-7-16(13)29-18/h3,5,7-9,12,14,17,26,29,33H,1,4,6,10-11H2,2H3,(H2,25,27,28). The predicted octanol–water partition coefficient (Wildman–Crippen LogP) is 1.77. The number of benzene rings is 1. The summed E-state index contributed by atoms with van der Waals surface area (Å²) in [6, 6.07) is 6.61. The molecule has 2 atom stereocenters. The van der Waals surface area contributed by atoms with Crippen LogP contribution in [0.25, 0.3) is 33.3 Å². The van der Waals surface area contributed by atoms with Gasteiger partial charge in [0.15, 0.2) is 11.4 Å². The predicted molar refractivity (Wildman–Crippen MR) is 132 cm³/mol. The number of aromatic amines is 1. The summed E-state index contributed by atoms with van der Waals surface area (Å²) in [5, 5.41) is 19.5. The fraction of sp³-hybridized carbons (Fsp3) is 0.292. The van der Waals surface area contributed by atoms with E-state index in [0.29, 0.717) is 41.9 Å². The minimum Gasteiger partial charge on any atom is -0.508 e. The van der Waals surface area contributed by atoms with Crippen molar-refractivity contribution in [2.45, 2.75) is 24.9 Å². The first-order valence-corrected chi connectivity index (χ1v) is 11.3. The number of carbonyl (C=O) groups excluding carboxylic acids is 2. The van der Waals surface area contributed by atoms with Crippen molar-refractivity contribution in [3.63, 3.8) is 0 Å². The lowest BCUT2D eigenvalue weighted by Crippen LogP contribution is -2.48. The van der Waals surface area contributed by atoms with Gasteiger partial charge in [0.2, 0.25) is 5.91 Å². The minimum absolute atomic E-state index is 0.0295. The Labute approximate surface area is 200 Å². The lowest BCUT2D eigenvalue weighted by Gasteiger charge is -2.30. The molecule has 11 nitrogen and oxygen atoms in total. The topological polar surface area (TPSA) is 155 Å². The second-order valence-corrected chi connectivity index (χ2v) is 8.76. The molecule has 1 fully saturated rings. The molecule has 4 aromatic rings. The van der Waals surface area contributed by atoms with E-state index >= 15 is 0 Å². The van der Waals surface area contributed by atoms with Gasteiger partial charge >= 0.3 is 0 Å². The lowest BCUT2D eigenvalue weighted by molar-refractivity contribution is -0.131. The SMILES string of the molecule is C=CC(=O)N(C)CC(=O)C1CCC(n2nc(-c3cc4cc(O)ccc4[nH]3)c3c(N)ncnc32)CN1. The Balaban J connectivity index is 1.42. The molecule has 1 aliphatic rings. The number of amides is 1. The molecule has 5 N–H and O–H groups in total. The van der Waals surface area contributed by atoms with Gasteiger partial charge in [-0.15, -0.1) is 0 Å². The van der Waals surface area contributed by atoms with Crippen LogP contribution in [0.5, 0.6) is 5.75 Å². The highest BCUT2D eigenvalue weighted by atomic mass is 16.3. The monoisotopic (exact) mass is 474 g/mol. The Kier molecular flexibility index (Phi) is 5.69. The molecule has 180 valence electrons. The van der Waals surface area contributed by atoms with Crippen LogP contribution < -0.4 is 11.1 Å². The van der Waals surface area contributed by atoms with E-state index in [1.54, 1.807) is 25.2 Å². The number of ketones is 1. The average molecular weight is 475 g/mol. The number of nitrogens with zero attached hydrogens (tertiary/aromatic N) is 5. The zero-order valence-electron chi connectivity index (χ0n) is 19.2. The van der Waals surface area contributed by atoms with Gasteiger partial charge in [0.1, 0.15) is 23.6 Å². The number of hydrogen-bond acceptors (Lipinski definition) is 8. The summed E-state index contributed by atoms with van der Waals surface area (Å²) in [5.41, 5.74) is 9.07. The number of Topliss-reactive ketones (excluding diaryl/α,β-unsaturated/α-hetero) is 1. The van der Waals surface area contributed by atoms with Crippen LogP contribution in [-0.2, 0) is 9.59 Å². The van der Waals surface area contributed by atoms with Crippen molar-refractivity contribution in [3.05, 3.63) is 43.2 Å². The number of H-pyrrole nitrogens is 1. The second kappa shape index (κ2) is 8.84. The van der Waals surface area contributed by atoms with E-state index in [0.717, 1.165) is 16.6 Å². The minimum atomic E-state index is -0.339. The van der Waals surface area contributed by atoms with Crippen LogP contribution in [0.3, 0.4) is 0 Å². The highest BCUT2D eigenvalue weighted by Crippen LogP contribution is 2.34. The van der Waals surface area contributed by atoms with E-state index in [2.05, 4.69) is 26.8 Å². The number of likely N-dealkylation sites (N-methyl/N-ethyl adjacent to an activating group) is 1. The molecule has 5 rings (SSSR count). The number of carbonyl (C=O) groups is 2. The fourth-order valence-corrected chi connectivity index (χ4v) is 4.59. The highest BCUT2D eigenvalue weighted by molar-refractivity contribution is 6.00. The maximum absolute atomic E-state index is 12.7. The van der Waals surface area contributed by atoms with Crippen LogP contribution in [0.2, 0.25) is 0 Å². The van der Waals surface area contributed by atoms with E-state index in [1.165, 1.54) is 17.3 Å². The summed E-state index contributed by atoms with van der Waals surface area (Å²) >= 11 is 0. The van der Waals surface area contributed by atoms with E-state index in [-0.39, 0.29) is 36.1 Å². The zero-order valence-corrected chi connectivity index (χ0v) is 19.2. The number of nitrogen functional groups attached to an aromatic ring is 1. The number of anilines is 1. The quantitative estimate of drug-likeness (QED) is 0.308. The number of aromatic nitrogens is 5. The maximum Gasteiger partial charge on any atom is 0.246 e. The van der Waals surface area contributed by atoms with Crippen molar-refractivity contribution in [1.82, 2.24) is 34.9 Å². The molecule has 0 bridgehead atoms. The van der Waals surface area contributed by atoms with E-state index in [4.69, 9.17) is 10.8 Å². The molecule has 2 unspecified atom stereocenters. The highest BCUT2D eigenvalue weighted by Gasteiger charge is 2.30. The Morgan fingerprint density at radius 3 is 2.89 bits per heavy atom. The Morgan fingerprint density at radius 2 is 2.14 bits per heavy atom. The molecule has 1 aliphatic heterocycles. The van der Waals surface area contributed by atoms with Gasteiger partial charge in [-0.05, 0) is 43.2 Å². The number of phenols is 1. The molecule has 1 saturated heterocycles. The summed E-state index contributed by atoms with van der Waals surface area (Å²) < 4.78 is 1.84. The molecule has 0 aliphatic carbocycles. The molecule has 3 aromatic heterocycles. The third-order valence-corrected chi connectivity index (χ3v) is 6.44. The Morgan fingerprint density at radius 1 is 1.31 bits per heavy atom. The molecule has 35 heavy (non-hydrogen) atoms. The van der Waals surface area contributed by atoms with Crippen molar-refractivity contribution in [2.75, 3.05) is 25.9 Å². The molecule has 1 amide bonds. The van der Waals surface area contributed by atoms with Crippen LogP contribution in [0.15, 0.2) is 43.2 Å². The summed E-state index contributed by atoms with van der Waals surface area (Å²) in [6.07, 6.45) is 3.91. The number of nitrogens with one attached hydrogen (secondary N) is 2. The summed E-state index contributed by atoms with van der Waals surface area (Å²) in [7, 11) is 1.58. The first-order chi connectivity index (χ1) is 16.9. The van der Waals surface area contributed by atoms with Gasteiger partial charge in [-0.1, -0.05) is 6.58 Å². The van der Waals surface area contributed by atoms with Crippen LogP contribution in [-0.4, -0.2) is 72.6 Å². The number of hydrogen-bond donors (Lipinski definition) is 4. The number of nitrogens with two attached hydrogens (primary N) is 1. The Hall–Kier alpha value is -4.25. The van der Waals surface area contributed by atoms with Crippen molar-refractivity contribution in [2.24, 2.45) is 0 Å². The Bertz CT molecular complexity index is 1450. The zero-order chi connectivity index (χ0) is 24.7. The summed E-state index contributed by atoms with van der Waals surface area (Å²) in [5.74, 6) is 0.176. The second-order valence-electron chi connectivity index (χ2n) is 8.76. The van der Waals surface area contributed by atoms with Crippen LogP contribution in [0, 0.1) is 0 Å². The number of rotatable bonds is 6. The molecule has 1 aromatic carbocycles. The van der Waals surface area contributed by atoms with E-state index < -0.39 is 0 Å². The first-order valence-electron chi connectivity index (χ1n) is 11.3. The number of piperidine rings is 1. The van der Waals surface area contributed by atoms with Gasteiger partial charge in [-0.3, -0.25) is 9.59 Å². The van der Waals surface area contributed by atoms with Gasteiger partial charge < -0.3 is 26.0 Å². The van der Waals surface area contributed by atoms with E-state index in [1.807, 2.05) is 10.7 Å².